The van der Waals surface area contributed by atoms with Crippen LogP contribution in [0, 0.1) is 5.92 Å². The molecule has 4 rings (SSSR count). The Bertz CT molecular complexity index is 1040. The molecule has 0 N–H and O–H groups in total. The summed E-state index contributed by atoms with van der Waals surface area (Å²) in [6.07, 6.45) is 1.39. The predicted molar refractivity (Wildman–Crippen MR) is 118 cm³/mol. The van der Waals surface area contributed by atoms with E-state index in [0.29, 0.717) is 73.1 Å². The van der Waals surface area contributed by atoms with Crippen LogP contribution in [0.2, 0.25) is 0 Å². The number of hydrogen-bond donors (Lipinski definition) is 0. The molecule has 0 radical (unpaired) electrons. The van der Waals surface area contributed by atoms with Crippen LogP contribution >= 0.6 is 0 Å². The highest BCUT2D eigenvalue weighted by Gasteiger charge is 2.29. The summed E-state index contributed by atoms with van der Waals surface area (Å²) >= 11 is 0. The maximum Gasteiger partial charge on any atom is 0.227 e. The second-order valence-electron chi connectivity index (χ2n) is 8.14. The fourth-order valence-corrected chi connectivity index (χ4v) is 4.23. The van der Waals surface area contributed by atoms with Gasteiger partial charge in [-0.3, -0.25) is 14.4 Å². The quantitative estimate of drug-likeness (QED) is 0.645. The van der Waals surface area contributed by atoms with Gasteiger partial charge in [-0.15, -0.1) is 0 Å². The van der Waals surface area contributed by atoms with E-state index in [1.807, 2.05) is 0 Å². The maximum atomic E-state index is 13.0. The SMILES string of the molecule is COc1ccc(C(C)=O)cc1CC(=O)N1CCC(C(=O)c2ccc3c(c2)OCCO3)CC1. The van der Waals surface area contributed by atoms with Gasteiger partial charge in [0, 0.05) is 35.7 Å². The second-order valence-corrected chi connectivity index (χ2v) is 8.14. The summed E-state index contributed by atoms with van der Waals surface area (Å²) in [6, 6.07) is 10.5. The smallest absolute Gasteiger partial charge is 0.227 e. The fourth-order valence-electron chi connectivity index (χ4n) is 4.23. The molecule has 7 nitrogen and oxygen atoms in total. The van der Waals surface area contributed by atoms with Crippen molar-refractivity contribution in [3.8, 4) is 17.2 Å². The molecule has 1 saturated heterocycles. The second kappa shape index (κ2) is 9.42. The summed E-state index contributed by atoms with van der Waals surface area (Å²) in [4.78, 5) is 39.4. The van der Waals surface area contributed by atoms with Crippen LogP contribution in [-0.2, 0) is 11.2 Å². The van der Waals surface area contributed by atoms with Gasteiger partial charge in [0.25, 0.3) is 0 Å². The summed E-state index contributed by atoms with van der Waals surface area (Å²) in [7, 11) is 1.55. The highest BCUT2D eigenvalue weighted by molar-refractivity contribution is 5.98. The van der Waals surface area contributed by atoms with Crippen molar-refractivity contribution in [3.05, 3.63) is 53.1 Å². The number of hydrogen-bond acceptors (Lipinski definition) is 6. The third-order valence-corrected chi connectivity index (χ3v) is 6.07. The van der Waals surface area contributed by atoms with Crippen molar-refractivity contribution in [2.24, 2.45) is 5.92 Å². The molecule has 2 aromatic rings. The number of benzene rings is 2. The van der Waals surface area contributed by atoms with Crippen LogP contribution in [0.4, 0.5) is 0 Å². The first kappa shape index (κ1) is 21.9. The molecule has 0 unspecified atom stereocenters. The lowest BCUT2D eigenvalue weighted by atomic mass is 9.88. The Kier molecular flexibility index (Phi) is 6.44. The van der Waals surface area contributed by atoms with Crippen molar-refractivity contribution in [2.75, 3.05) is 33.4 Å². The summed E-state index contributed by atoms with van der Waals surface area (Å²) in [5, 5.41) is 0. The van der Waals surface area contributed by atoms with Crippen molar-refractivity contribution in [1.29, 1.82) is 0 Å². The molecular weight excluding hydrogens is 410 g/mol. The van der Waals surface area contributed by atoms with Crippen molar-refractivity contribution in [2.45, 2.75) is 26.2 Å². The average Bonchev–Trinajstić information content (AvgIpc) is 2.83. The minimum Gasteiger partial charge on any atom is -0.496 e. The van der Waals surface area contributed by atoms with E-state index in [9.17, 15) is 14.4 Å². The van der Waals surface area contributed by atoms with E-state index in [2.05, 4.69) is 0 Å². The number of piperidine rings is 1. The number of Topliss-reactive ketones (excluding diaryl/α,β-unsaturated/α-hetero) is 2. The lowest BCUT2D eigenvalue weighted by molar-refractivity contribution is -0.131. The highest BCUT2D eigenvalue weighted by Crippen LogP contribution is 2.33. The molecule has 0 bridgehead atoms. The van der Waals surface area contributed by atoms with Crippen LogP contribution in [0.15, 0.2) is 36.4 Å². The molecule has 0 aliphatic carbocycles. The molecule has 0 spiro atoms. The van der Waals surface area contributed by atoms with Crippen LogP contribution in [0.3, 0.4) is 0 Å². The zero-order chi connectivity index (χ0) is 22.7. The molecule has 2 aliphatic rings. The minimum absolute atomic E-state index is 0.0331. The molecule has 0 atom stereocenters. The van der Waals surface area contributed by atoms with Crippen LogP contribution in [-0.4, -0.2) is 55.8 Å². The molecule has 7 heteroatoms. The normalized spacial score (nSPS) is 15.9. The van der Waals surface area contributed by atoms with Crippen molar-refractivity contribution < 1.29 is 28.6 Å². The van der Waals surface area contributed by atoms with Gasteiger partial charge in [0.15, 0.2) is 23.1 Å². The van der Waals surface area contributed by atoms with Crippen molar-refractivity contribution >= 4 is 17.5 Å². The number of fused-ring (bicyclic) bond motifs is 1. The van der Waals surface area contributed by atoms with Crippen LogP contribution in [0.1, 0.15) is 46.0 Å². The first-order chi connectivity index (χ1) is 15.5. The number of ether oxygens (including phenoxy) is 3. The number of methoxy groups -OCH3 is 1. The highest BCUT2D eigenvalue weighted by atomic mass is 16.6. The molecule has 32 heavy (non-hydrogen) atoms. The Morgan fingerprint density at radius 2 is 1.66 bits per heavy atom. The summed E-state index contributed by atoms with van der Waals surface area (Å²) < 4.78 is 16.5. The van der Waals surface area contributed by atoms with Gasteiger partial charge in [0.1, 0.15) is 19.0 Å². The van der Waals surface area contributed by atoms with Gasteiger partial charge in [-0.05, 0) is 56.2 Å². The Balaban J connectivity index is 1.37. The molecule has 1 fully saturated rings. The Hall–Kier alpha value is -3.35. The predicted octanol–water partition coefficient (Wildman–Crippen LogP) is 3.33. The number of amides is 1. The van der Waals surface area contributed by atoms with Gasteiger partial charge in [-0.1, -0.05) is 0 Å². The fraction of sp³-hybridized carbons (Fsp3) is 0.400. The summed E-state index contributed by atoms with van der Waals surface area (Å²) in [5.41, 5.74) is 1.86. The van der Waals surface area contributed by atoms with Crippen molar-refractivity contribution in [3.63, 3.8) is 0 Å². The van der Waals surface area contributed by atoms with Crippen molar-refractivity contribution in [1.82, 2.24) is 4.90 Å². The van der Waals surface area contributed by atoms with E-state index in [-0.39, 0.29) is 29.8 Å². The van der Waals surface area contributed by atoms with Gasteiger partial charge in [0.2, 0.25) is 5.91 Å². The first-order valence-electron chi connectivity index (χ1n) is 10.9. The van der Waals surface area contributed by atoms with Gasteiger partial charge >= 0.3 is 0 Å². The number of ketones is 2. The topological polar surface area (TPSA) is 82.1 Å². The molecule has 0 saturated carbocycles. The number of carbonyl (C=O) groups is 3. The molecule has 2 aliphatic heterocycles. The summed E-state index contributed by atoms with van der Waals surface area (Å²) in [5.74, 6) is 1.72. The molecule has 168 valence electrons. The monoisotopic (exact) mass is 437 g/mol. The molecule has 1 amide bonds. The lowest BCUT2D eigenvalue weighted by Crippen LogP contribution is -2.41. The lowest BCUT2D eigenvalue weighted by Gasteiger charge is -2.31. The summed E-state index contributed by atoms with van der Waals surface area (Å²) in [6.45, 7) is 3.53. The van der Waals surface area contributed by atoms with Gasteiger partial charge < -0.3 is 19.1 Å². The van der Waals surface area contributed by atoms with E-state index >= 15 is 0 Å². The third-order valence-electron chi connectivity index (χ3n) is 6.07. The van der Waals surface area contributed by atoms with Crippen LogP contribution in [0.25, 0.3) is 0 Å². The number of likely N-dealkylation sites (tertiary alicyclic amines) is 1. The molecule has 0 aromatic heterocycles. The Morgan fingerprint density at radius 1 is 0.969 bits per heavy atom. The third kappa shape index (κ3) is 4.61. The van der Waals surface area contributed by atoms with Gasteiger partial charge in [0.05, 0.1) is 13.5 Å². The number of carbonyl (C=O) groups excluding carboxylic acids is 3. The average molecular weight is 437 g/mol. The Morgan fingerprint density at radius 3 is 2.34 bits per heavy atom. The largest absolute Gasteiger partial charge is 0.496 e. The van der Waals surface area contributed by atoms with E-state index in [4.69, 9.17) is 14.2 Å². The van der Waals surface area contributed by atoms with Gasteiger partial charge in [-0.25, -0.2) is 0 Å². The van der Waals surface area contributed by atoms with E-state index < -0.39 is 0 Å². The molecule has 2 aromatic carbocycles. The number of nitrogens with zero attached hydrogens (tertiary/aromatic N) is 1. The maximum absolute atomic E-state index is 13.0. The standard InChI is InChI=1S/C25H27NO6/c1-16(27)18-3-5-21(30-2)20(13-18)15-24(28)26-9-7-17(8-10-26)25(29)19-4-6-22-23(14-19)32-12-11-31-22/h3-6,13-14,17H,7-12,15H2,1-2H3. The zero-order valence-corrected chi connectivity index (χ0v) is 18.4. The Labute approximate surface area is 187 Å². The molecular formula is C25H27NO6. The van der Waals surface area contributed by atoms with E-state index in [1.54, 1.807) is 48.4 Å². The van der Waals surface area contributed by atoms with Crippen LogP contribution in [0.5, 0.6) is 17.2 Å². The first-order valence-corrected chi connectivity index (χ1v) is 10.9. The van der Waals surface area contributed by atoms with Crippen LogP contribution < -0.4 is 14.2 Å². The zero-order valence-electron chi connectivity index (χ0n) is 18.4. The van der Waals surface area contributed by atoms with E-state index in [0.717, 1.165) is 0 Å². The minimum atomic E-state index is -0.128. The van der Waals surface area contributed by atoms with Gasteiger partial charge in [-0.2, -0.15) is 0 Å². The molecule has 2 heterocycles. The van der Waals surface area contributed by atoms with E-state index in [1.165, 1.54) is 6.92 Å². The number of rotatable bonds is 6.